The molecule has 6 bridgehead atoms. The third-order valence-corrected chi connectivity index (χ3v) is 10.5. The van der Waals surface area contributed by atoms with Gasteiger partial charge in [-0.1, -0.05) is 36.4 Å². The molecule has 0 atom stereocenters. The highest BCUT2D eigenvalue weighted by atomic mass is 16.7. The van der Waals surface area contributed by atoms with Crippen molar-refractivity contribution in [2.24, 2.45) is 0 Å². The quantitative estimate of drug-likeness (QED) is 0.0917. The normalized spacial score (nSPS) is 13.0. The van der Waals surface area contributed by atoms with Crippen LogP contribution in [-0.4, -0.2) is 63.0 Å². The van der Waals surface area contributed by atoms with Crippen LogP contribution in [0.1, 0.15) is 33.4 Å². The second-order valence-electron chi connectivity index (χ2n) is 14.7. The lowest BCUT2D eigenvalue weighted by atomic mass is 9.97. The Kier molecular flexibility index (Phi) is 15.9. The van der Waals surface area contributed by atoms with E-state index in [1.54, 1.807) is 42.7 Å². The van der Waals surface area contributed by atoms with Crippen LogP contribution in [0.25, 0.3) is 33.4 Å². The van der Waals surface area contributed by atoms with Gasteiger partial charge in [0.1, 0.15) is 34.5 Å². The SMILES string of the molecule is COCOc1c2cc(-c3ccc(OC)cc3)cc1COCc1cc(-c3ccc(OC)cc3)cc(c1OCOC)COCc1cc(-c3ccc(OC)cc3)cc(c1OCOC)COC2. The first-order valence-electron chi connectivity index (χ1n) is 20.4. The molecule has 0 radical (unpaired) electrons. The largest absolute Gasteiger partial charge is 0.497 e. The molecule has 12 heteroatoms. The van der Waals surface area contributed by atoms with Crippen LogP contribution in [0.4, 0.5) is 0 Å². The van der Waals surface area contributed by atoms with E-state index in [0.717, 1.165) is 84.0 Å². The van der Waals surface area contributed by atoms with Gasteiger partial charge in [-0.05, 0) is 106 Å². The molecule has 1 aliphatic rings. The Hall–Kier alpha value is -6.12. The van der Waals surface area contributed by atoms with E-state index < -0.39 is 0 Å². The van der Waals surface area contributed by atoms with Gasteiger partial charge < -0.3 is 56.8 Å². The number of ether oxygens (including phenoxy) is 12. The zero-order valence-electron chi connectivity index (χ0n) is 36.7. The van der Waals surface area contributed by atoms with Crippen molar-refractivity contribution in [3.63, 3.8) is 0 Å². The number of rotatable bonds is 15. The third kappa shape index (κ3) is 11.3. The maximum Gasteiger partial charge on any atom is 0.188 e. The lowest BCUT2D eigenvalue weighted by Crippen LogP contribution is -2.11. The van der Waals surface area contributed by atoms with Crippen LogP contribution in [0.2, 0.25) is 0 Å². The molecule has 0 unspecified atom stereocenters. The van der Waals surface area contributed by atoms with Crippen molar-refractivity contribution in [2.75, 3.05) is 63.0 Å². The van der Waals surface area contributed by atoms with Crippen LogP contribution in [0.15, 0.2) is 109 Å². The summed E-state index contributed by atoms with van der Waals surface area (Å²) in [6, 6.07) is 36.2. The van der Waals surface area contributed by atoms with E-state index in [-0.39, 0.29) is 60.0 Å². The molecule has 12 nitrogen and oxygen atoms in total. The van der Waals surface area contributed by atoms with E-state index in [1.165, 1.54) is 0 Å². The Bertz CT molecular complexity index is 2050. The Labute approximate surface area is 369 Å². The first kappa shape index (κ1) is 44.9. The van der Waals surface area contributed by atoms with E-state index in [0.29, 0.717) is 17.2 Å². The fraction of sp³-hybridized carbons (Fsp3) is 0.294. The molecule has 0 amide bonds. The number of benzene rings is 6. The average molecular weight is 859 g/mol. The maximum atomic E-state index is 6.61. The minimum absolute atomic E-state index is 0.0203. The van der Waals surface area contributed by atoms with Gasteiger partial charge >= 0.3 is 0 Å². The second kappa shape index (κ2) is 22.3. The molecule has 0 saturated heterocycles. The molecule has 7 rings (SSSR count). The molecule has 0 fully saturated rings. The van der Waals surface area contributed by atoms with Gasteiger partial charge in [0.15, 0.2) is 20.4 Å². The number of hydrogen-bond donors (Lipinski definition) is 0. The van der Waals surface area contributed by atoms with E-state index in [2.05, 4.69) is 36.4 Å². The molecule has 0 saturated carbocycles. The minimum atomic E-state index is 0.0203. The minimum Gasteiger partial charge on any atom is -0.497 e. The summed E-state index contributed by atoms with van der Waals surface area (Å²) in [4.78, 5) is 0. The lowest BCUT2D eigenvalue weighted by Gasteiger charge is -2.22. The monoisotopic (exact) mass is 858 g/mol. The summed E-state index contributed by atoms with van der Waals surface area (Å²) in [7, 11) is 9.74. The van der Waals surface area contributed by atoms with E-state index in [4.69, 9.17) is 56.8 Å². The van der Waals surface area contributed by atoms with Gasteiger partial charge in [0.25, 0.3) is 0 Å². The Morgan fingerprint density at radius 1 is 0.317 bits per heavy atom. The van der Waals surface area contributed by atoms with E-state index in [1.807, 2.05) is 72.8 Å². The predicted molar refractivity (Wildman–Crippen MR) is 238 cm³/mol. The van der Waals surface area contributed by atoms with Gasteiger partial charge in [0, 0.05) is 54.7 Å². The Morgan fingerprint density at radius 2 is 0.540 bits per heavy atom. The van der Waals surface area contributed by atoms with Crippen molar-refractivity contribution < 1.29 is 56.8 Å². The average Bonchev–Trinajstić information content (AvgIpc) is 3.32. The number of hydrogen-bond acceptors (Lipinski definition) is 12. The lowest BCUT2D eigenvalue weighted by molar-refractivity contribution is 0.0365. The predicted octanol–water partition coefficient (Wildman–Crippen LogP) is 10.1. The summed E-state index contributed by atoms with van der Waals surface area (Å²) < 4.78 is 71.5. The van der Waals surface area contributed by atoms with Gasteiger partial charge in [-0.2, -0.15) is 0 Å². The summed E-state index contributed by atoms with van der Waals surface area (Å²) in [6.07, 6.45) is 0. The molecular formula is C51H54O12. The highest BCUT2D eigenvalue weighted by Gasteiger charge is 2.21. The Morgan fingerprint density at radius 3 is 0.730 bits per heavy atom. The number of fused-ring (bicyclic) bond motifs is 6. The molecule has 63 heavy (non-hydrogen) atoms. The molecule has 6 aromatic rings. The van der Waals surface area contributed by atoms with Crippen molar-refractivity contribution in [1.29, 1.82) is 0 Å². The van der Waals surface area contributed by atoms with Crippen LogP contribution in [-0.2, 0) is 68.1 Å². The van der Waals surface area contributed by atoms with Crippen molar-refractivity contribution in [3.8, 4) is 67.9 Å². The molecule has 0 aromatic heterocycles. The topological polar surface area (TPSA) is 111 Å². The first-order chi connectivity index (χ1) is 30.9. The summed E-state index contributed by atoms with van der Waals surface area (Å²) in [5.74, 6) is 4.10. The van der Waals surface area contributed by atoms with Crippen molar-refractivity contribution in [3.05, 3.63) is 143 Å². The van der Waals surface area contributed by atoms with Gasteiger partial charge in [0.2, 0.25) is 0 Å². The maximum absolute atomic E-state index is 6.61. The molecule has 1 aliphatic heterocycles. The molecule has 330 valence electrons. The summed E-state index contributed by atoms with van der Waals surface area (Å²) in [5.41, 5.74) is 10.7. The molecule has 0 N–H and O–H groups in total. The zero-order chi connectivity index (χ0) is 44.0. The standard InChI is InChI=1S/C51H54O12/c1-52-31-61-49-40-19-37(34-7-13-46(55-4)14-8-34)20-41(49)26-59-28-43-22-39(36-11-17-48(57-6)18-12-36)24-45(51(43)63-33-54-3)30-60-29-44-23-38(35-9-15-47(56-5)16-10-35)21-42(27-58-25-40)50(44)62-32-53-2/h7-24H,25-33H2,1-6H3. The first-order valence-corrected chi connectivity index (χ1v) is 20.4. The molecule has 1 heterocycles. The van der Waals surface area contributed by atoms with E-state index in [9.17, 15) is 0 Å². The van der Waals surface area contributed by atoms with Crippen LogP contribution >= 0.6 is 0 Å². The van der Waals surface area contributed by atoms with Crippen LogP contribution < -0.4 is 28.4 Å². The van der Waals surface area contributed by atoms with Crippen molar-refractivity contribution in [1.82, 2.24) is 0 Å². The van der Waals surface area contributed by atoms with Gasteiger partial charge in [0.05, 0.1) is 61.0 Å². The number of methoxy groups -OCH3 is 6. The molecular weight excluding hydrogens is 805 g/mol. The molecule has 0 spiro atoms. The van der Waals surface area contributed by atoms with Crippen LogP contribution in [0, 0.1) is 0 Å². The van der Waals surface area contributed by atoms with Gasteiger partial charge in [-0.15, -0.1) is 0 Å². The van der Waals surface area contributed by atoms with Crippen LogP contribution in [0.3, 0.4) is 0 Å². The van der Waals surface area contributed by atoms with Gasteiger partial charge in [-0.3, -0.25) is 0 Å². The van der Waals surface area contributed by atoms with Crippen molar-refractivity contribution in [2.45, 2.75) is 39.6 Å². The second-order valence-corrected chi connectivity index (χ2v) is 14.7. The third-order valence-electron chi connectivity index (χ3n) is 10.5. The summed E-state index contributed by atoms with van der Waals surface area (Å²) >= 11 is 0. The summed E-state index contributed by atoms with van der Waals surface area (Å²) in [5, 5.41) is 0. The highest BCUT2D eigenvalue weighted by Crippen LogP contribution is 2.38. The fourth-order valence-corrected chi connectivity index (χ4v) is 7.48. The summed E-state index contributed by atoms with van der Waals surface area (Å²) in [6.45, 7) is 1.23. The highest BCUT2D eigenvalue weighted by molar-refractivity contribution is 5.70. The van der Waals surface area contributed by atoms with Crippen molar-refractivity contribution >= 4 is 0 Å². The molecule has 6 aromatic carbocycles. The Balaban J connectivity index is 1.40. The smallest absolute Gasteiger partial charge is 0.188 e. The molecule has 0 aliphatic carbocycles. The van der Waals surface area contributed by atoms with E-state index >= 15 is 0 Å². The van der Waals surface area contributed by atoms with Gasteiger partial charge in [-0.25, -0.2) is 0 Å². The zero-order valence-corrected chi connectivity index (χ0v) is 36.7. The van der Waals surface area contributed by atoms with Crippen LogP contribution in [0.5, 0.6) is 34.5 Å². The fourth-order valence-electron chi connectivity index (χ4n) is 7.48.